The molecule has 1 aliphatic rings. The SMILES string of the molecule is Cc1ccn2c(C3CCNCC3)nnc2c1. The van der Waals surface area contributed by atoms with Gasteiger partial charge in [-0.15, -0.1) is 10.2 Å². The van der Waals surface area contributed by atoms with E-state index in [1.54, 1.807) is 0 Å². The fourth-order valence-corrected chi connectivity index (χ4v) is 2.37. The largest absolute Gasteiger partial charge is 0.317 e. The second-order valence-electron chi connectivity index (χ2n) is 4.51. The van der Waals surface area contributed by atoms with Gasteiger partial charge in [0.1, 0.15) is 5.82 Å². The van der Waals surface area contributed by atoms with Gasteiger partial charge < -0.3 is 5.32 Å². The van der Waals surface area contributed by atoms with Gasteiger partial charge in [0, 0.05) is 12.1 Å². The van der Waals surface area contributed by atoms with Crippen LogP contribution in [0.25, 0.3) is 5.65 Å². The highest BCUT2D eigenvalue weighted by molar-refractivity contribution is 5.41. The van der Waals surface area contributed by atoms with Gasteiger partial charge in [-0.2, -0.15) is 0 Å². The first-order valence-electron chi connectivity index (χ1n) is 5.86. The number of rotatable bonds is 1. The Morgan fingerprint density at radius 2 is 2.12 bits per heavy atom. The lowest BCUT2D eigenvalue weighted by atomic mass is 9.97. The van der Waals surface area contributed by atoms with E-state index in [-0.39, 0.29) is 0 Å². The summed E-state index contributed by atoms with van der Waals surface area (Å²) in [6.07, 6.45) is 4.41. The molecule has 0 saturated carbocycles. The van der Waals surface area contributed by atoms with Crippen LogP contribution in [0.4, 0.5) is 0 Å². The number of pyridine rings is 1. The molecular formula is C12H16N4. The summed E-state index contributed by atoms with van der Waals surface area (Å²) in [5.74, 6) is 1.68. The Morgan fingerprint density at radius 3 is 2.94 bits per heavy atom. The standard InChI is InChI=1S/C12H16N4/c1-9-4-7-16-11(8-9)14-15-12(16)10-2-5-13-6-3-10/h4,7-8,10,13H,2-3,5-6H2,1H3. The molecular weight excluding hydrogens is 200 g/mol. The smallest absolute Gasteiger partial charge is 0.161 e. The zero-order valence-electron chi connectivity index (χ0n) is 9.48. The van der Waals surface area contributed by atoms with E-state index >= 15 is 0 Å². The molecule has 16 heavy (non-hydrogen) atoms. The summed E-state index contributed by atoms with van der Waals surface area (Å²) in [4.78, 5) is 0. The molecule has 1 saturated heterocycles. The van der Waals surface area contributed by atoms with Crippen LogP contribution in [0.1, 0.15) is 30.1 Å². The molecule has 3 heterocycles. The van der Waals surface area contributed by atoms with Crippen molar-refractivity contribution in [1.82, 2.24) is 19.9 Å². The van der Waals surface area contributed by atoms with Crippen LogP contribution in [0, 0.1) is 6.92 Å². The number of hydrogen-bond donors (Lipinski definition) is 1. The second kappa shape index (κ2) is 3.87. The van der Waals surface area contributed by atoms with Gasteiger partial charge in [-0.1, -0.05) is 0 Å². The van der Waals surface area contributed by atoms with Crippen molar-refractivity contribution in [3.05, 3.63) is 29.7 Å². The van der Waals surface area contributed by atoms with Crippen molar-refractivity contribution in [2.45, 2.75) is 25.7 Å². The minimum atomic E-state index is 0.555. The van der Waals surface area contributed by atoms with E-state index in [9.17, 15) is 0 Å². The highest BCUT2D eigenvalue weighted by Crippen LogP contribution is 2.24. The molecule has 4 nitrogen and oxygen atoms in total. The average Bonchev–Trinajstić information content (AvgIpc) is 2.73. The summed E-state index contributed by atoms with van der Waals surface area (Å²) < 4.78 is 2.13. The molecule has 0 spiro atoms. The van der Waals surface area contributed by atoms with E-state index < -0.39 is 0 Å². The molecule has 1 aliphatic heterocycles. The van der Waals surface area contributed by atoms with Crippen molar-refractivity contribution in [1.29, 1.82) is 0 Å². The van der Waals surface area contributed by atoms with Gasteiger partial charge >= 0.3 is 0 Å². The van der Waals surface area contributed by atoms with Crippen molar-refractivity contribution in [3.63, 3.8) is 0 Å². The van der Waals surface area contributed by atoms with E-state index in [1.165, 1.54) is 5.56 Å². The predicted molar refractivity (Wildman–Crippen MR) is 62.6 cm³/mol. The average molecular weight is 216 g/mol. The topological polar surface area (TPSA) is 42.2 Å². The highest BCUT2D eigenvalue weighted by atomic mass is 15.2. The molecule has 0 aromatic carbocycles. The van der Waals surface area contributed by atoms with Gasteiger partial charge in [0.25, 0.3) is 0 Å². The summed E-state index contributed by atoms with van der Waals surface area (Å²) in [6.45, 7) is 4.26. The summed E-state index contributed by atoms with van der Waals surface area (Å²) >= 11 is 0. The number of aryl methyl sites for hydroxylation is 1. The number of aromatic nitrogens is 3. The van der Waals surface area contributed by atoms with Gasteiger partial charge in [-0.3, -0.25) is 4.40 Å². The number of nitrogens with zero attached hydrogens (tertiary/aromatic N) is 3. The lowest BCUT2D eigenvalue weighted by Crippen LogP contribution is -2.27. The normalized spacial score (nSPS) is 18.1. The molecule has 1 fully saturated rings. The second-order valence-corrected chi connectivity index (χ2v) is 4.51. The maximum absolute atomic E-state index is 4.35. The van der Waals surface area contributed by atoms with Gasteiger partial charge in [0.05, 0.1) is 0 Å². The Hall–Kier alpha value is -1.42. The summed E-state index contributed by atoms with van der Waals surface area (Å²) in [5, 5.41) is 12.0. The van der Waals surface area contributed by atoms with Crippen LogP contribution < -0.4 is 5.32 Å². The Labute approximate surface area is 94.7 Å². The van der Waals surface area contributed by atoms with Crippen LogP contribution in [0.3, 0.4) is 0 Å². The number of hydrogen-bond acceptors (Lipinski definition) is 3. The molecule has 0 amide bonds. The molecule has 0 unspecified atom stereocenters. The molecule has 0 bridgehead atoms. The third kappa shape index (κ3) is 1.59. The van der Waals surface area contributed by atoms with Gasteiger partial charge in [-0.25, -0.2) is 0 Å². The fraction of sp³-hybridized carbons (Fsp3) is 0.500. The van der Waals surface area contributed by atoms with Gasteiger partial charge in [0.2, 0.25) is 0 Å². The zero-order valence-corrected chi connectivity index (χ0v) is 9.48. The first kappa shape index (κ1) is 9.78. The van der Waals surface area contributed by atoms with Gasteiger partial charge in [-0.05, 0) is 50.6 Å². The van der Waals surface area contributed by atoms with E-state index in [4.69, 9.17) is 0 Å². The maximum atomic E-state index is 4.35. The van der Waals surface area contributed by atoms with Crippen molar-refractivity contribution in [2.75, 3.05) is 13.1 Å². The Bertz CT molecular complexity index is 497. The number of nitrogens with one attached hydrogen (secondary N) is 1. The molecule has 3 rings (SSSR count). The van der Waals surface area contributed by atoms with Crippen molar-refractivity contribution in [3.8, 4) is 0 Å². The minimum Gasteiger partial charge on any atom is -0.317 e. The Balaban J connectivity index is 2.03. The summed E-state index contributed by atoms with van der Waals surface area (Å²) in [6, 6.07) is 4.19. The molecule has 1 N–H and O–H groups in total. The lowest BCUT2D eigenvalue weighted by molar-refractivity contribution is 0.442. The lowest BCUT2D eigenvalue weighted by Gasteiger charge is -2.20. The fourth-order valence-electron chi connectivity index (χ4n) is 2.37. The van der Waals surface area contributed by atoms with Crippen molar-refractivity contribution < 1.29 is 0 Å². The first-order chi connectivity index (χ1) is 7.84. The molecule has 0 aliphatic carbocycles. The predicted octanol–water partition coefficient (Wildman–Crippen LogP) is 1.50. The molecule has 4 heteroatoms. The third-order valence-corrected chi connectivity index (χ3v) is 3.30. The maximum Gasteiger partial charge on any atom is 0.161 e. The Kier molecular flexibility index (Phi) is 2.36. The summed E-state index contributed by atoms with van der Waals surface area (Å²) in [5.41, 5.74) is 2.20. The summed E-state index contributed by atoms with van der Waals surface area (Å²) in [7, 11) is 0. The number of piperidine rings is 1. The molecule has 2 aromatic rings. The third-order valence-electron chi connectivity index (χ3n) is 3.30. The van der Waals surface area contributed by atoms with Crippen LogP contribution in [0.15, 0.2) is 18.3 Å². The molecule has 84 valence electrons. The van der Waals surface area contributed by atoms with E-state index in [0.717, 1.165) is 37.4 Å². The van der Waals surface area contributed by atoms with Crippen LogP contribution in [0.2, 0.25) is 0 Å². The quantitative estimate of drug-likeness (QED) is 0.785. The highest BCUT2D eigenvalue weighted by Gasteiger charge is 2.20. The molecule has 2 aromatic heterocycles. The number of fused-ring (bicyclic) bond motifs is 1. The van der Waals surface area contributed by atoms with Crippen molar-refractivity contribution >= 4 is 5.65 Å². The monoisotopic (exact) mass is 216 g/mol. The van der Waals surface area contributed by atoms with E-state index in [0.29, 0.717) is 5.92 Å². The van der Waals surface area contributed by atoms with E-state index in [1.807, 2.05) is 0 Å². The molecule has 0 radical (unpaired) electrons. The van der Waals surface area contributed by atoms with Gasteiger partial charge in [0.15, 0.2) is 5.65 Å². The van der Waals surface area contributed by atoms with Crippen LogP contribution in [-0.4, -0.2) is 27.7 Å². The molecule has 0 atom stereocenters. The van der Waals surface area contributed by atoms with Crippen LogP contribution in [0.5, 0.6) is 0 Å². The van der Waals surface area contributed by atoms with Crippen LogP contribution >= 0.6 is 0 Å². The Morgan fingerprint density at radius 1 is 1.31 bits per heavy atom. The van der Waals surface area contributed by atoms with Crippen molar-refractivity contribution in [2.24, 2.45) is 0 Å². The van der Waals surface area contributed by atoms with Crippen LogP contribution in [-0.2, 0) is 0 Å². The minimum absolute atomic E-state index is 0.555. The van der Waals surface area contributed by atoms with E-state index in [2.05, 4.69) is 45.2 Å². The first-order valence-corrected chi connectivity index (χ1v) is 5.86. The zero-order chi connectivity index (χ0) is 11.0.